The van der Waals surface area contributed by atoms with Crippen molar-refractivity contribution in [2.24, 2.45) is 0 Å². The summed E-state index contributed by atoms with van der Waals surface area (Å²) >= 11 is 0. The molecule has 9 heterocycles. The van der Waals surface area contributed by atoms with Crippen LogP contribution in [-0.2, 0) is 38.7 Å². The van der Waals surface area contributed by atoms with Crippen molar-refractivity contribution in [3.8, 4) is 46.0 Å². The number of allylic oxidation sites excluding steroid dienone is 7. The monoisotopic (exact) mass is 1010 g/mol. The van der Waals surface area contributed by atoms with Gasteiger partial charge in [-0.3, -0.25) is 29.9 Å². The minimum Gasteiger partial charge on any atom is -0.456 e. The number of rotatable bonds is 9. The summed E-state index contributed by atoms with van der Waals surface area (Å²) in [6.45, 7) is 3.99. The fraction of sp³-hybridized carbons (Fsp3) is 0.196. The Balaban J connectivity index is 0.000000227. The second-order valence-corrected chi connectivity index (χ2v) is 16.2. The van der Waals surface area contributed by atoms with Gasteiger partial charge in [-0.05, 0) is 152 Å². The average Bonchev–Trinajstić information content (AvgIpc) is 3.39. The van der Waals surface area contributed by atoms with Gasteiger partial charge in [0.05, 0.1) is 51.4 Å². The van der Waals surface area contributed by atoms with Gasteiger partial charge in [0.1, 0.15) is 11.5 Å². The molecular formula is C56H49F3N8ORu. The van der Waals surface area contributed by atoms with Crippen LogP contribution in [0.25, 0.3) is 45.3 Å². The Kier molecular flexibility index (Phi) is 17.2. The second-order valence-electron chi connectivity index (χ2n) is 16.2. The van der Waals surface area contributed by atoms with Gasteiger partial charge in [0, 0.05) is 86.6 Å². The van der Waals surface area contributed by atoms with Crippen LogP contribution in [0.1, 0.15) is 60.4 Å². The number of fused-ring (bicyclic) bond motifs is 2. The van der Waals surface area contributed by atoms with Crippen molar-refractivity contribution in [1.29, 1.82) is 5.26 Å². The number of nitriles is 1. The maximum atomic E-state index is 14.3. The topological polar surface area (TPSA) is 114 Å². The fourth-order valence-corrected chi connectivity index (χ4v) is 8.28. The minimum atomic E-state index is -4.53. The van der Waals surface area contributed by atoms with Gasteiger partial charge in [-0.15, -0.1) is 0 Å². The molecule has 0 amide bonds. The molecule has 0 atom stereocenters. The molecule has 0 unspecified atom stereocenters. The third-order valence-electron chi connectivity index (χ3n) is 11.5. The van der Waals surface area contributed by atoms with E-state index < -0.39 is 11.7 Å². The van der Waals surface area contributed by atoms with Crippen LogP contribution in [-0.4, -0.2) is 49.2 Å². The number of alkyl halides is 3. The fourth-order valence-electron chi connectivity index (χ4n) is 8.28. The first-order chi connectivity index (χ1) is 33.3. The molecule has 7 aromatic rings. The Morgan fingerprint density at radius 3 is 1.81 bits per heavy atom. The average molecular weight is 1010 g/mol. The minimum absolute atomic E-state index is 0. The Labute approximate surface area is 413 Å². The Hall–Kier alpha value is -7.42. The summed E-state index contributed by atoms with van der Waals surface area (Å²) in [5.41, 5.74) is 9.66. The molecule has 3 aliphatic rings. The van der Waals surface area contributed by atoms with Gasteiger partial charge in [0.25, 0.3) is 0 Å². The van der Waals surface area contributed by atoms with Crippen molar-refractivity contribution in [2.45, 2.75) is 58.0 Å². The number of hydrogen-bond donors (Lipinski definition) is 0. The number of aryl methyl sites for hydroxylation is 2. The van der Waals surface area contributed by atoms with E-state index in [9.17, 15) is 18.4 Å². The number of pyridine rings is 6. The van der Waals surface area contributed by atoms with Gasteiger partial charge >= 0.3 is 6.18 Å². The van der Waals surface area contributed by atoms with Gasteiger partial charge in [0.2, 0.25) is 0 Å². The zero-order valence-electron chi connectivity index (χ0n) is 38.0. The molecule has 0 N–H and O–H groups in total. The smallest absolute Gasteiger partial charge is 0.417 e. The molecule has 9 nitrogen and oxygen atoms in total. The van der Waals surface area contributed by atoms with Crippen molar-refractivity contribution in [3.63, 3.8) is 0 Å². The Morgan fingerprint density at radius 1 is 0.696 bits per heavy atom. The van der Waals surface area contributed by atoms with Gasteiger partial charge in [0.15, 0.2) is 0 Å². The summed E-state index contributed by atoms with van der Waals surface area (Å²) in [5.74, 6) is 0.423. The van der Waals surface area contributed by atoms with Crippen molar-refractivity contribution < 1.29 is 37.4 Å². The van der Waals surface area contributed by atoms with Crippen LogP contribution < -0.4 is 9.64 Å². The second kappa shape index (κ2) is 24.0. The molecule has 0 fully saturated rings. The Bertz CT molecular complexity index is 2820. The van der Waals surface area contributed by atoms with E-state index in [1.54, 1.807) is 67.5 Å². The number of nitrogens with zero attached hydrogens (tertiary/aromatic N) is 8. The number of hydrogen-bond acceptors (Lipinski definition) is 9. The summed E-state index contributed by atoms with van der Waals surface area (Å²) in [6.07, 6.45) is 19.9. The number of aromatic nitrogens is 6. The maximum absolute atomic E-state index is 14.3. The number of benzene rings is 1. The van der Waals surface area contributed by atoms with Crippen molar-refractivity contribution in [1.82, 2.24) is 29.9 Å². The predicted octanol–water partition coefficient (Wildman–Crippen LogP) is 12.9. The third kappa shape index (κ3) is 12.8. The normalized spacial score (nSPS) is 14.3. The molecule has 69 heavy (non-hydrogen) atoms. The van der Waals surface area contributed by atoms with Gasteiger partial charge in [-0.1, -0.05) is 49.8 Å². The van der Waals surface area contributed by atoms with E-state index in [1.807, 2.05) is 91.0 Å². The van der Waals surface area contributed by atoms with Crippen LogP contribution in [0.5, 0.6) is 5.75 Å². The third-order valence-corrected chi connectivity index (χ3v) is 11.5. The molecule has 1 aromatic carbocycles. The standard InChI is InChI=1S/C36H33F3N4O.2C10H8N2.Ru/c1-2-3-8-24-13-15-41-32(19-24)33-21-25(14-16-42-33)27(23-40)9-4-5-11-28-22-31(36(37,38)39)30-20-26-10-6-17-43-18-7-12-29(34(26)43)35(30)44-28;2*1-3-7-11-9(5-1)10-6-2-4-8-12-10;/h4-5,9,11,13-16,19-22H,2-3,6-8,10,12,17-18H2,1H3;2*1-8H;/b5-4+,27-9+,28-11-;;;. The van der Waals surface area contributed by atoms with E-state index in [2.05, 4.69) is 47.8 Å². The van der Waals surface area contributed by atoms with Crippen molar-refractivity contribution >= 4 is 16.8 Å². The van der Waals surface area contributed by atoms with E-state index >= 15 is 0 Å². The zero-order valence-corrected chi connectivity index (χ0v) is 39.7. The quantitative estimate of drug-likeness (QED) is 0.0792. The molecule has 0 saturated carbocycles. The van der Waals surface area contributed by atoms with E-state index in [4.69, 9.17) is 4.74 Å². The molecule has 0 bridgehead atoms. The van der Waals surface area contributed by atoms with Crippen LogP contribution in [0.4, 0.5) is 18.9 Å². The molecule has 0 saturated heterocycles. The first kappa shape index (κ1) is 49.5. The summed E-state index contributed by atoms with van der Waals surface area (Å²) < 4.78 is 49.0. The number of unbranched alkanes of at least 4 members (excludes halogenated alkanes) is 1. The van der Waals surface area contributed by atoms with Crippen molar-refractivity contribution in [3.05, 3.63) is 204 Å². The summed E-state index contributed by atoms with van der Waals surface area (Å²) in [4.78, 5) is 28.0. The van der Waals surface area contributed by atoms with Gasteiger partial charge in [-0.25, -0.2) is 0 Å². The van der Waals surface area contributed by atoms with E-state index in [0.29, 0.717) is 29.0 Å². The predicted molar refractivity (Wildman–Crippen MR) is 262 cm³/mol. The van der Waals surface area contributed by atoms with Crippen LogP contribution in [0.3, 0.4) is 0 Å². The zero-order chi connectivity index (χ0) is 47.1. The molecule has 13 heteroatoms. The SMILES string of the molecule is CCCCc1ccnc(-c2cc(/C(C#N)=C/C=C/C=C3/C=C(C(F)(F)F)c4cc5c6c(c4O3)CCCN6CCC5)ccn2)c1.[Ru].c1ccc(-c2ccccn2)nc1.c1ccc(-c2ccccn2)nc1. The summed E-state index contributed by atoms with van der Waals surface area (Å²) in [7, 11) is 0. The molecule has 3 aliphatic heterocycles. The van der Waals surface area contributed by atoms with Crippen LogP contribution in [0.15, 0.2) is 176 Å². The molecular weight excluding hydrogens is 959 g/mol. The summed E-state index contributed by atoms with van der Waals surface area (Å²) in [5, 5.41) is 9.88. The first-order valence-corrected chi connectivity index (χ1v) is 22.7. The summed E-state index contributed by atoms with van der Waals surface area (Å²) in [6, 6.07) is 34.7. The number of halogens is 3. The van der Waals surface area contributed by atoms with Crippen molar-refractivity contribution in [2.75, 3.05) is 18.0 Å². The van der Waals surface area contributed by atoms with E-state index in [0.717, 1.165) is 103 Å². The molecule has 0 aliphatic carbocycles. The molecule has 348 valence electrons. The van der Waals surface area contributed by atoms with E-state index in [-0.39, 0.29) is 30.8 Å². The molecule has 10 rings (SSSR count). The van der Waals surface area contributed by atoms with Gasteiger partial charge in [-0.2, -0.15) is 18.4 Å². The first-order valence-electron chi connectivity index (χ1n) is 22.7. The number of anilines is 1. The molecule has 0 radical (unpaired) electrons. The molecule has 0 spiro atoms. The van der Waals surface area contributed by atoms with Crippen LogP contribution in [0.2, 0.25) is 0 Å². The number of ether oxygens (including phenoxy) is 1. The largest absolute Gasteiger partial charge is 0.456 e. The van der Waals surface area contributed by atoms with Crippen LogP contribution >= 0.6 is 0 Å². The Morgan fingerprint density at radius 2 is 1.26 bits per heavy atom. The molecule has 6 aromatic heterocycles. The maximum Gasteiger partial charge on any atom is 0.417 e. The van der Waals surface area contributed by atoms with Crippen LogP contribution in [0, 0.1) is 11.3 Å². The van der Waals surface area contributed by atoms with E-state index in [1.165, 1.54) is 11.6 Å². The van der Waals surface area contributed by atoms with Gasteiger partial charge < -0.3 is 9.64 Å².